The molecule has 2 rings (SSSR count). The molecule has 1 saturated heterocycles. The van der Waals surface area contributed by atoms with Crippen LogP contribution < -0.4 is 5.32 Å². The molecule has 0 aliphatic carbocycles. The van der Waals surface area contributed by atoms with Crippen molar-refractivity contribution in [3.8, 4) is 0 Å². The van der Waals surface area contributed by atoms with E-state index in [1.165, 1.54) is 16.3 Å². The molecule has 1 aromatic heterocycles. The Morgan fingerprint density at radius 2 is 2.35 bits per heavy atom. The normalized spacial score (nSPS) is 26.3. The van der Waals surface area contributed by atoms with Crippen molar-refractivity contribution in [3.05, 3.63) is 16.1 Å². The zero-order valence-electron chi connectivity index (χ0n) is 11.1. The minimum atomic E-state index is 0.600. The van der Waals surface area contributed by atoms with Crippen molar-refractivity contribution in [3.63, 3.8) is 0 Å². The van der Waals surface area contributed by atoms with Gasteiger partial charge in [-0.05, 0) is 19.8 Å². The molecule has 2 atom stereocenters. The van der Waals surface area contributed by atoms with Crippen LogP contribution in [0.5, 0.6) is 0 Å². The van der Waals surface area contributed by atoms with E-state index in [4.69, 9.17) is 0 Å². The van der Waals surface area contributed by atoms with Gasteiger partial charge in [-0.15, -0.1) is 11.3 Å². The fraction of sp³-hybridized carbons (Fsp3) is 0.769. The summed E-state index contributed by atoms with van der Waals surface area (Å²) in [5, 5.41) is 4.83. The highest BCUT2D eigenvalue weighted by Gasteiger charge is 2.24. The van der Waals surface area contributed by atoms with Crippen LogP contribution in [-0.2, 0) is 13.0 Å². The minimum Gasteiger partial charge on any atom is -0.311 e. The Bertz CT molecular complexity index is 350. The number of nitrogens with one attached hydrogen (secondary N) is 1. The zero-order valence-corrected chi connectivity index (χ0v) is 11.9. The molecule has 0 amide bonds. The summed E-state index contributed by atoms with van der Waals surface area (Å²) in [7, 11) is 0. The predicted octanol–water partition coefficient (Wildman–Crippen LogP) is 2.28. The quantitative estimate of drug-likeness (QED) is 0.892. The van der Waals surface area contributed by atoms with Gasteiger partial charge < -0.3 is 5.32 Å². The third-order valence-electron chi connectivity index (χ3n) is 3.49. The first kappa shape index (κ1) is 13.0. The Morgan fingerprint density at radius 3 is 3.00 bits per heavy atom. The molecule has 1 aromatic rings. The third kappa shape index (κ3) is 3.27. The van der Waals surface area contributed by atoms with Gasteiger partial charge in [0, 0.05) is 36.2 Å². The Labute approximate surface area is 108 Å². The average molecular weight is 253 g/mol. The van der Waals surface area contributed by atoms with Crippen molar-refractivity contribution in [2.75, 3.05) is 13.1 Å². The van der Waals surface area contributed by atoms with Gasteiger partial charge in [0.15, 0.2) is 0 Å². The van der Waals surface area contributed by atoms with Crippen LogP contribution in [0.2, 0.25) is 0 Å². The van der Waals surface area contributed by atoms with Gasteiger partial charge in [0.2, 0.25) is 0 Å². The van der Waals surface area contributed by atoms with Crippen molar-refractivity contribution in [2.45, 2.75) is 52.2 Å². The maximum atomic E-state index is 4.53. The third-order valence-corrected chi connectivity index (χ3v) is 4.61. The van der Waals surface area contributed by atoms with Crippen molar-refractivity contribution >= 4 is 11.3 Å². The number of piperazine rings is 1. The molecule has 0 spiro atoms. The molecule has 1 aliphatic rings. The van der Waals surface area contributed by atoms with Crippen LogP contribution in [0.25, 0.3) is 0 Å². The SMILES string of the molecule is CCc1cnc(CN2CC(C)NCC2CC)s1. The molecule has 0 saturated carbocycles. The van der Waals surface area contributed by atoms with E-state index in [1.807, 2.05) is 17.5 Å². The molecule has 0 radical (unpaired) electrons. The standard InChI is InChI=1S/C13H23N3S/c1-4-11-6-14-10(3)8-16(11)9-13-15-7-12(5-2)17-13/h7,10-11,14H,4-6,8-9H2,1-3H3. The highest BCUT2D eigenvalue weighted by atomic mass is 32.1. The summed E-state index contributed by atoms with van der Waals surface area (Å²) in [5.74, 6) is 0. The van der Waals surface area contributed by atoms with Gasteiger partial charge in [-0.3, -0.25) is 4.90 Å². The summed E-state index contributed by atoms with van der Waals surface area (Å²) in [6, 6.07) is 1.27. The highest BCUT2D eigenvalue weighted by Crippen LogP contribution is 2.19. The fourth-order valence-electron chi connectivity index (χ4n) is 2.39. The number of hydrogen-bond acceptors (Lipinski definition) is 4. The van der Waals surface area contributed by atoms with Gasteiger partial charge in [0.25, 0.3) is 0 Å². The Kier molecular flexibility index (Phi) is 4.54. The summed E-state index contributed by atoms with van der Waals surface area (Å²) in [4.78, 5) is 8.51. The van der Waals surface area contributed by atoms with E-state index < -0.39 is 0 Å². The molecule has 2 unspecified atom stereocenters. The van der Waals surface area contributed by atoms with Gasteiger partial charge >= 0.3 is 0 Å². The number of aryl methyl sites for hydroxylation is 1. The van der Waals surface area contributed by atoms with Gasteiger partial charge in [-0.1, -0.05) is 13.8 Å². The van der Waals surface area contributed by atoms with Crippen LogP contribution in [0.1, 0.15) is 37.1 Å². The first-order chi connectivity index (χ1) is 8.22. The molecule has 3 nitrogen and oxygen atoms in total. The predicted molar refractivity (Wildman–Crippen MR) is 73.4 cm³/mol. The van der Waals surface area contributed by atoms with Crippen molar-refractivity contribution < 1.29 is 0 Å². The van der Waals surface area contributed by atoms with E-state index in [0.29, 0.717) is 12.1 Å². The van der Waals surface area contributed by atoms with Gasteiger partial charge in [-0.25, -0.2) is 4.98 Å². The Balaban J connectivity index is 1.99. The lowest BCUT2D eigenvalue weighted by atomic mass is 10.1. The van der Waals surface area contributed by atoms with Crippen LogP contribution in [0.4, 0.5) is 0 Å². The molecule has 1 fully saturated rings. The molecule has 0 aromatic carbocycles. The molecule has 4 heteroatoms. The van der Waals surface area contributed by atoms with Crippen LogP contribution in [0, 0.1) is 0 Å². The molecule has 17 heavy (non-hydrogen) atoms. The second-order valence-corrected chi connectivity index (χ2v) is 6.07. The summed E-state index contributed by atoms with van der Waals surface area (Å²) in [5.41, 5.74) is 0. The minimum absolute atomic E-state index is 0.600. The number of thiazole rings is 1. The monoisotopic (exact) mass is 253 g/mol. The summed E-state index contributed by atoms with van der Waals surface area (Å²) in [6.45, 7) is 10.0. The summed E-state index contributed by atoms with van der Waals surface area (Å²) < 4.78 is 0. The van der Waals surface area contributed by atoms with Crippen LogP contribution in [-0.4, -0.2) is 35.1 Å². The van der Waals surface area contributed by atoms with E-state index in [1.54, 1.807) is 0 Å². The number of nitrogens with zero attached hydrogens (tertiary/aromatic N) is 2. The first-order valence-electron chi connectivity index (χ1n) is 6.64. The first-order valence-corrected chi connectivity index (χ1v) is 7.45. The van der Waals surface area contributed by atoms with E-state index in [-0.39, 0.29) is 0 Å². The molecule has 1 aliphatic heterocycles. The maximum absolute atomic E-state index is 4.53. The van der Waals surface area contributed by atoms with E-state index in [0.717, 1.165) is 26.1 Å². The molecule has 2 heterocycles. The van der Waals surface area contributed by atoms with Crippen LogP contribution in [0.3, 0.4) is 0 Å². The van der Waals surface area contributed by atoms with E-state index >= 15 is 0 Å². The van der Waals surface area contributed by atoms with Gasteiger partial charge in [-0.2, -0.15) is 0 Å². The van der Waals surface area contributed by atoms with Crippen LogP contribution >= 0.6 is 11.3 Å². The molecular weight excluding hydrogens is 230 g/mol. The smallest absolute Gasteiger partial charge is 0.107 e. The summed E-state index contributed by atoms with van der Waals surface area (Å²) in [6.07, 6.45) is 4.35. The molecule has 1 N–H and O–H groups in total. The average Bonchev–Trinajstić information content (AvgIpc) is 2.77. The largest absolute Gasteiger partial charge is 0.311 e. The lowest BCUT2D eigenvalue weighted by molar-refractivity contribution is 0.124. The lowest BCUT2D eigenvalue weighted by Crippen LogP contribution is -2.54. The number of aromatic nitrogens is 1. The lowest BCUT2D eigenvalue weighted by Gasteiger charge is -2.38. The van der Waals surface area contributed by atoms with E-state index in [9.17, 15) is 0 Å². The van der Waals surface area contributed by atoms with Crippen LogP contribution in [0.15, 0.2) is 6.20 Å². The molecule has 96 valence electrons. The fourth-order valence-corrected chi connectivity index (χ4v) is 3.27. The number of hydrogen-bond donors (Lipinski definition) is 1. The van der Waals surface area contributed by atoms with Gasteiger partial charge in [0.1, 0.15) is 5.01 Å². The van der Waals surface area contributed by atoms with Crippen molar-refractivity contribution in [1.29, 1.82) is 0 Å². The number of rotatable bonds is 4. The Morgan fingerprint density at radius 1 is 1.53 bits per heavy atom. The second-order valence-electron chi connectivity index (χ2n) is 4.87. The Hall–Kier alpha value is -0.450. The van der Waals surface area contributed by atoms with Gasteiger partial charge in [0.05, 0.1) is 6.54 Å². The summed E-state index contributed by atoms with van der Waals surface area (Å²) >= 11 is 1.87. The zero-order chi connectivity index (χ0) is 12.3. The second kappa shape index (κ2) is 5.94. The molecular formula is C13H23N3S. The topological polar surface area (TPSA) is 28.2 Å². The van der Waals surface area contributed by atoms with E-state index in [2.05, 4.69) is 36.0 Å². The highest BCUT2D eigenvalue weighted by molar-refractivity contribution is 7.11. The van der Waals surface area contributed by atoms with Crippen molar-refractivity contribution in [1.82, 2.24) is 15.2 Å². The molecule has 0 bridgehead atoms. The van der Waals surface area contributed by atoms with Crippen molar-refractivity contribution in [2.24, 2.45) is 0 Å². The maximum Gasteiger partial charge on any atom is 0.107 e.